The molecule has 3 N–H and O–H groups in total. The molecule has 0 aromatic rings. The predicted octanol–water partition coefficient (Wildman–Crippen LogP) is 0.461. The molecule has 4 nitrogen and oxygen atoms in total. The van der Waals surface area contributed by atoms with Crippen LogP contribution in [0.5, 0.6) is 0 Å². The van der Waals surface area contributed by atoms with Crippen molar-refractivity contribution >= 4 is 5.97 Å². The van der Waals surface area contributed by atoms with Crippen molar-refractivity contribution in [2.75, 3.05) is 13.7 Å². The fraction of sp³-hybridized carbons (Fsp3) is 0.875. The van der Waals surface area contributed by atoms with Crippen LogP contribution in [0, 0.1) is 5.41 Å². The van der Waals surface area contributed by atoms with E-state index in [4.69, 9.17) is 15.6 Å². The first-order valence-electron chi connectivity index (χ1n) is 3.91. The number of hydrogen-bond acceptors (Lipinski definition) is 3. The standard InChI is InChI=1S/C8H17NO3/c1-6(12-3)8(2,5-9)4-7(10)11/h6H,4-5,9H2,1-3H3,(H,10,11). The molecule has 12 heavy (non-hydrogen) atoms. The van der Waals surface area contributed by atoms with E-state index in [1.54, 1.807) is 7.11 Å². The van der Waals surface area contributed by atoms with Gasteiger partial charge in [-0.3, -0.25) is 4.79 Å². The van der Waals surface area contributed by atoms with Gasteiger partial charge in [0.25, 0.3) is 0 Å². The maximum Gasteiger partial charge on any atom is 0.304 e. The first kappa shape index (κ1) is 11.4. The van der Waals surface area contributed by atoms with Gasteiger partial charge in [-0.2, -0.15) is 0 Å². The van der Waals surface area contributed by atoms with Gasteiger partial charge < -0.3 is 15.6 Å². The highest BCUT2D eigenvalue weighted by Gasteiger charge is 2.32. The van der Waals surface area contributed by atoms with E-state index in [9.17, 15) is 4.79 Å². The minimum atomic E-state index is -0.841. The zero-order valence-electron chi connectivity index (χ0n) is 7.83. The van der Waals surface area contributed by atoms with Gasteiger partial charge in [0.15, 0.2) is 0 Å². The van der Waals surface area contributed by atoms with Gasteiger partial charge in [-0.1, -0.05) is 6.92 Å². The Labute approximate surface area is 72.7 Å². The SMILES string of the molecule is COC(C)C(C)(CN)CC(=O)O. The summed E-state index contributed by atoms with van der Waals surface area (Å²) in [7, 11) is 1.56. The third kappa shape index (κ3) is 2.79. The second kappa shape index (κ2) is 4.42. The summed E-state index contributed by atoms with van der Waals surface area (Å²) in [5.41, 5.74) is 5.02. The van der Waals surface area contributed by atoms with Crippen molar-refractivity contribution in [3.05, 3.63) is 0 Å². The molecule has 0 saturated heterocycles. The van der Waals surface area contributed by atoms with E-state index in [1.807, 2.05) is 13.8 Å². The Kier molecular flexibility index (Phi) is 4.20. The van der Waals surface area contributed by atoms with E-state index in [0.29, 0.717) is 6.54 Å². The van der Waals surface area contributed by atoms with E-state index >= 15 is 0 Å². The Morgan fingerprint density at radius 2 is 2.25 bits per heavy atom. The van der Waals surface area contributed by atoms with Crippen LogP contribution in [0.4, 0.5) is 0 Å². The minimum absolute atomic E-state index is 0.0402. The molecule has 0 aromatic carbocycles. The van der Waals surface area contributed by atoms with Crippen LogP contribution in [0.1, 0.15) is 20.3 Å². The summed E-state index contributed by atoms with van der Waals surface area (Å²) in [6, 6.07) is 0. The van der Waals surface area contributed by atoms with Crippen LogP contribution in [0.25, 0.3) is 0 Å². The van der Waals surface area contributed by atoms with E-state index in [1.165, 1.54) is 0 Å². The van der Waals surface area contributed by atoms with Gasteiger partial charge in [0, 0.05) is 19.1 Å². The maximum atomic E-state index is 10.5. The van der Waals surface area contributed by atoms with E-state index in [2.05, 4.69) is 0 Å². The first-order valence-corrected chi connectivity index (χ1v) is 3.91. The summed E-state index contributed by atoms with van der Waals surface area (Å²) >= 11 is 0. The van der Waals surface area contributed by atoms with E-state index < -0.39 is 11.4 Å². The lowest BCUT2D eigenvalue weighted by molar-refractivity contribution is -0.141. The third-order valence-corrected chi connectivity index (χ3v) is 2.36. The molecule has 72 valence electrons. The Balaban J connectivity index is 4.32. The minimum Gasteiger partial charge on any atom is -0.481 e. The molecule has 0 aromatic heterocycles. The monoisotopic (exact) mass is 175 g/mol. The second-order valence-electron chi connectivity index (χ2n) is 3.31. The quantitative estimate of drug-likeness (QED) is 0.636. The molecule has 0 rings (SSSR count). The number of nitrogens with two attached hydrogens (primary N) is 1. The Bertz CT molecular complexity index is 160. The van der Waals surface area contributed by atoms with Crippen molar-refractivity contribution in [3.63, 3.8) is 0 Å². The number of rotatable bonds is 5. The van der Waals surface area contributed by atoms with Crippen molar-refractivity contribution in [2.45, 2.75) is 26.4 Å². The molecule has 0 spiro atoms. The largest absolute Gasteiger partial charge is 0.481 e. The number of methoxy groups -OCH3 is 1. The highest BCUT2D eigenvalue weighted by molar-refractivity contribution is 5.67. The summed E-state index contributed by atoms with van der Waals surface area (Å²) in [5, 5.41) is 8.61. The number of carbonyl (C=O) groups is 1. The lowest BCUT2D eigenvalue weighted by Crippen LogP contribution is -2.40. The molecule has 0 saturated carbocycles. The van der Waals surface area contributed by atoms with Gasteiger partial charge in [0.05, 0.1) is 12.5 Å². The molecular weight excluding hydrogens is 158 g/mol. The van der Waals surface area contributed by atoms with Crippen LogP contribution >= 0.6 is 0 Å². The predicted molar refractivity (Wildman–Crippen MR) is 45.9 cm³/mol. The zero-order valence-corrected chi connectivity index (χ0v) is 7.83. The molecule has 2 atom stereocenters. The highest BCUT2D eigenvalue weighted by atomic mass is 16.5. The van der Waals surface area contributed by atoms with Crippen molar-refractivity contribution in [3.8, 4) is 0 Å². The number of carboxylic acid groups (broad SMARTS) is 1. The smallest absolute Gasteiger partial charge is 0.304 e. The summed E-state index contributed by atoms with van der Waals surface area (Å²) in [6.07, 6.45) is -0.100. The number of aliphatic carboxylic acids is 1. The average molecular weight is 175 g/mol. The van der Waals surface area contributed by atoms with Gasteiger partial charge in [-0.05, 0) is 6.92 Å². The highest BCUT2D eigenvalue weighted by Crippen LogP contribution is 2.26. The second-order valence-corrected chi connectivity index (χ2v) is 3.31. The van der Waals surface area contributed by atoms with E-state index in [0.717, 1.165) is 0 Å². The molecule has 0 amide bonds. The van der Waals surface area contributed by atoms with Gasteiger partial charge in [-0.15, -0.1) is 0 Å². The van der Waals surface area contributed by atoms with Crippen molar-refractivity contribution < 1.29 is 14.6 Å². The zero-order chi connectivity index (χ0) is 9.78. The lowest BCUT2D eigenvalue weighted by atomic mass is 9.82. The molecule has 0 aliphatic heterocycles. The van der Waals surface area contributed by atoms with E-state index in [-0.39, 0.29) is 12.5 Å². The fourth-order valence-corrected chi connectivity index (χ4v) is 1.01. The molecule has 0 aliphatic carbocycles. The molecular formula is C8H17NO3. The number of ether oxygens (including phenoxy) is 1. The fourth-order valence-electron chi connectivity index (χ4n) is 1.01. The normalized spacial score (nSPS) is 18.3. The molecule has 2 unspecified atom stereocenters. The van der Waals surface area contributed by atoms with Crippen molar-refractivity contribution in [1.29, 1.82) is 0 Å². The van der Waals surface area contributed by atoms with Crippen LogP contribution in [0.3, 0.4) is 0 Å². The van der Waals surface area contributed by atoms with Crippen LogP contribution < -0.4 is 5.73 Å². The van der Waals surface area contributed by atoms with Crippen molar-refractivity contribution in [2.24, 2.45) is 11.1 Å². The van der Waals surface area contributed by atoms with Crippen LogP contribution in [-0.2, 0) is 9.53 Å². The first-order chi connectivity index (χ1) is 5.46. The Hall–Kier alpha value is -0.610. The number of hydrogen-bond donors (Lipinski definition) is 2. The van der Waals surface area contributed by atoms with Gasteiger partial charge >= 0.3 is 5.97 Å². The molecule has 0 heterocycles. The van der Waals surface area contributed by atoms with Gasteiger partial charge in [0.1, 0.15) is 0 Å². The maximum absolute atomic E-state index is 10.5. The van der Waals surface area contributed by atoms with Crippen molar-refractivity contribution in [1.82, 2.24) is 0 Å². The molecule has 0 radical (unpaired) electrons. The molecule has 4 heteroatoms. The summed E-state index contributed by atoms with van der Waals surface area (Å²) < 4.78 is 5.06. The van der Waals surface area contributed by atoms with Crippen LogP contribution in [0.2, 0.25) is 0 Å². The lowest BCUT2D eigenvalue weighted by Gasteiger charge is -2.31. The van der Waals surface area contributed by atoms with Gasteiger partial charge in [-0.25, -0.2) is 0 Å². The molecule has 0 fully saturated rings. The van der Waals surface area contributed by atoms with Crippen LogP contribution in [0.15, 0.2) is 0 Å². The molecule has 0 aliphatic rings. The molecule has 0 bridgehead atoms. The summed E-state index contributed by atoms with van der Waals surface area (Å²) in [6.45, 7) is 3.96. The van der Waals surface area contributed by atoms with Crippen LogP contribution in [-0.4, -0.2) is 30.8 Å². The third-order valence-electron chi connectivity index (χ3n) is 2.36. The Morgan fingerprint density at radius 3 is 2.50 bits per heavy atom. The average Bonchev–Trinajstić information content (AvgIpc) is 2.01. The van der Waals surface area contributed by atoms with Gasteiger partial charge in [0.2, 0.25) is 0 Å². The topological polar surface area (TPSA) is 72.5 Å². The summed E-state index contributed by atoms with van der Waals surface area (Å²) in [4.78, 5) is 10.5. The Morgan fingerprint density at radius 1 is 1.75 bits per heavy atom. The number of carboxylic acids is 1. The summed E-state index contributed by atoms with van der Waals surface area (Å²) in [5.74, 6) is -0.841.